The molecule has 2 fully saturated rings. The van der Waals surface area contributed by atoms with Crippen LogP contribution in [0, 0.1) is 0 Å². The average Bonchev–Trinajstić information content (AvgIpc) is 3.16. The van der Waals surface area contributed by atoms with E-state index in [2.05, 4.69) is 20.9 Å². The minimum Gasteiger partial charge on any atom is -0.388 e. The van der Waals surface area contributed by atoms with E-state index in [-0.39, 0.29) is 5.91 Å². The molecule has 0 radical (unpaired) electrons. The van der Waals surface area contributed by atoms with Crippen LogP contribution in [-0.2, 0) is 0 Å². The number of carbonyl (C=O) groups excluding carboxylic acids is 1. The number of hydrogen-bond donors (Lipinski definition) is 3. The fourth-order valence-electron chi connectivity index (χ4n) is 3.18. The molecular weight excluding hydrogens is 270 g/mol. The lowest BCUT2D eigenvalue weighted by Crippen LogP contribution is -2.40. The molecule has 3 rings (SSSR count). The molecule has 21 heavy (non-hydrogen) atoms. The van der Waals surface area contributed by atoms with Crippen molar-refractivity contribution < 1.29 is 9.90 Å². The van der Waals surface area contributed by atoms with Gasteiger partial charge in [0, 0.05) is 6.54 Å². The van der Waals surface area contributed by atoms with Crippen molar-refractivity contribution in [3.8, 4) is 0 Å². The van der Waals surface area contributed by atoms with Gasteiger partial charge in [-0.2, -0.15) is 0 Å². The molecule has 0 spiro atoms. The van der Waals surface area contributed by atoms with E-state index in [1.807, 2.05) is 0 Å². The number of amides is 1. The van der Waals surface area contributed by atoms with Crippen molar-refractivity contribution in [2.75, 3.05) is 19.6 Å². The number of hydrogen-bond acceptors (Lipinski definition) is 5. The maximum absolute atomic E-state index is 12.1. The number of carbonyl (C=O) groups is 1. The van der Waals surface area contributed by atoms with E-state index in [9.17, 15) is 9.90 Å². The van der Waals surface area contributed by atoms with Crippen LogP contribution in [-0.4, -0.2) is 51.2 Å². The predicted molar refractivity (Wildman–Crippen MR) is 76.9 cm³/mol. The highest BCUT2D eigenvalue weighted by atomic mass is 16.3. The van der Waals surface area contributed by atoms with Gasteiger partial charge < -0.3 is 15.7 Å². The third-order valence-corrected chi connectivity index (χ3v) is 4.54. The van der Waals surface area contributed by atoms with Gasteiger partial charge in [-0.1, -0.05) is 18.1 Å². The van der Waals surface area contributed by atoms with Crippen molar-refractivity contribution in [1.82, 2.24) is 25.6 Å². The second-order valence-corrected chi connectivity index (χ2v) is 6.18. The summed E-state index contributed by atoms with van der Waals surface area (Å²) < 4.78 is 1.79. The van der Waals surface area contributed by atoms with Gasteiger partial charge in [-0.3, -0.25) is 4.79 Å². The number of piperidine rings is 1. The summed E-state index contributed by atoms with van der Waals surface area (Å²) in [5, 5.41) is 24.3. The van der Waals surface area contributed by atoms with Gasteiger partial charge in [0.15, 0.2) is 5.69 Å². The van der Waals surface area contributed by atoms with Crippen LogP contribution in [0.15, 0.2) is 6.20 Å². The van der Waals surface area contributed by atoms with Crippen LogP contribution in [0.4, 0.5) is 0 Å². The summed E-state index contributed by atoms with van der Waals surface area (Å²) in [5.41, 5.74) is -0.407. The van der Waals surface area contributed by atoms with Crippen molar-refractivity contribution in [2.45, 2.75) is 50.2 Å². The maximum Gasteiger partial charge on any atom is 0.273 e. The van der Waals surface area contributed by atoms with Crippen molar-refractivity contribution in [3.05, 3.63) is 11.9 Å². The second kappa shape index (κ2) is 6.11. The Morgan fingerprint density at radius 1 is 1.43 bits per heavy atom. The van der Waals surface area contributed by atoms with E-state index in [4.69, 9.17) is 0 Å². The third-order valence-electron chi connectivity index (χ3n) is 4.54. The lowest BCUT2D eigenvalue weighted by Gasteiger charge is -2.22. The molecule has 0 atom stereocenters. The van der Waals surface area contributed by atoms with Crippen LogP contribution in [0.3, 0.4) is 0 Å². The number of nitrogens with one attached hydrogen (secondary N) is 2. The number of aromatic nitrogens is 3. The van der Waals surface area contributed by atoms with Crippen molar-refractivity contribution >= 4 is 5.91 Å². The number of nitrogens with zero attached hydrogens (tertiary/aromatic N) is 3. The molecular formula is C14H23N5O2. The minimum absolute atomic E-state index is 0.254. The zero-order valence-corrected chi connectivity index (χ0v) is 12.2. The smallest absolute Gasteiger partial charge is 0.273 e. The number of aliphatic hydroxyl groups is 1. The quantitative estimate of drug-likeness (QED) is 0.739. The zero-order chi connectivity index (χ0) is 14.7. The van der Waals surface area contributed by atoms with E-state index >= 15 is 0 Å². The first kappa shape index (κ1) is 14.5. The Kier molecular flexibility index (Phi) is 4.21. The van der Waals surface area contributed by atoms with Gasteiger partial charge in [0.25, 0.3) is 5.91 Å². The molecule has 0 bridgehead atoms. The highest BCUT2D eigenvalue weighted by molar-refractivity contribution is 5.91. The van der Waals surface area contributed by atoms with Crippen LogP contribution in [0.25, 0.3) is 0 Å². The Morgan fingerprint density at radius 2 is 2.14 bits per heavy atom. The van der Waals surface area contributed by atoms with Crippen LogP contribution in [0.1, 0.15) is 55.1 Å². The molecule has 1 saturated carbocycles. The van der Waals surface area contributed by atoms with Gasteiger partial charge in [0.2, 0.25) is 0 Å². The molecule has 116 valence electrons. The molecule has 2 heterocycles. The molecule has 0 aromatic carbocycles. The fourth-order valence-corrected chi connectivity index (χ4v) is 3.18. The minimum atomic E-state index is -0.735. The van der Waals surface area contributed by atoms with Gasteiger partial charge in [-0.05, 0) is 38.8 Å². The average molecular weight is 293 g/mol. The molecule has 1 saturated heterocycles. The zero-order valence-electron chi connectivity index (χ0n) is 12.2. The summed E-state index contributed by atoms with van der Waals surface area (Å²) in [6, 6.07) is 0.319. The maximum atomic E-state index is 12.1. The largest absolute Gasteiger partial charge is 0.388 e. The topological polar surface area (TPSA) is 92.1 Å². The molecule has 1 aromatic heterocycles. The summed E-state index contributed by atoms with van der Waals surface area (Å²) in [5.74, 6) is -0.254. The Hall–Kier alpha value is -1.47. The molecule has 7 nitrogen and oxygen atoms in total. The predicted octanol–water partition coefficient (Wildman–Crippen LogP) is 0.237. The molecule has 3 N–H and O–H groups in total. The van der Waals surface area contributed by atoms with Crippen molar-refractivity contribution in [1.29, 1.82) is 0 Å². The van der Waals surface area contributed by atoms with E-state index in [1.165, 1.54) is 0 Å². The first-order valence-corrected chi connectivity index (χ1v) is 7.79. The van der Waals surface area contributed by atoms with E-state index in [1.54, 1.807) is 10.9 Å². The fraction of sp³-hybridized carbons (Fsp3) is 0.786. The molecule has 7 heteroatoms. The highest BCUT2D eigenvalue weighted by Gasteiger charge is 2.31. The van der Waals surface area contributed by atoms with Gasteiger partial charge in [0.05, 0.1) is 17.8 Å². The molecule has 2 aliphatic rings. The highest BCUT2D eigenvalue weighted by Crippen LogP contribution is 2.28. The van der Waals surface area contributed by atoms with Gasteiger partial charge in [0.1, 0.15) is 0 Å². The summed E-state index contributed by atoms with van der Waals surface area (Å²) in [7, 11) is 0. The molecule has 1 aliphatic carbocycles. The Balaban J connectivity index is 1.56. The molecule has 1 amide bonds. The summed E-state index contributed by atoms with van der Waals surface area (Å²) in [4.78, 5) is 12.1. The SMILES string of the molecule is O=C(NCC1(O)CCCC1)c1cn(C2CCNCC2)nn1. The van der Waals surface area contributed by atoms with Crippen LogP contribution >= 0.6 is 0 Å². The van der Waals surface area contributed by atoms with E-state index in [0.29, 0.717) is 18.3 Å². The first-order chi connectivity index (χ1) is 10.2. The van der Waals surface area contributed by atoms with E-state index < -0.39 is 5.60 Å². The summed E-state index contributed by atoms with van der Waals surface area (Å²) in [6.07, 6.45) is 7.29. The van der Waals surface area contributed by atoms with Crippen LogP contribution in [0.5, 0.6) is 0 Å². The van der Waals surface area contributed by atoms with Crippen LogP contribution in [0.2, 0.25) is 0 Å². The summed E-state index contributed by atoms with van der Waals surface area (Å²) >= 11 is 0. The Morgan fingerprint density at radius 3 is 2.86 bits per heavy atom. The van der Waals surface area contributed by atoms with Gasteiger partial charge in [-0.25, -0.2) is 4.68 Å². The Bertz CT molecular complexity index is 489. The molecule has 0 unspecified atom stereocenters. The molecule has 1 aliphatic heterocycles. The van der Waals surface area contributed by atoms with Gasteiger partial charge in [-0.15, -0.1) is 5.10 Å². The standard InChI is InChI=1S/C14H23N5O2/c20-13(16-10-14(21)5-1-2-6-14)12-9-19(18-17-12)11-3-7-15-8-4-11/h9,11,15,21H,1-8,10H2,(H,16,20). The van der Waals surface area contributed by atoms with Crippen molar-refractivity contribution in [2.24, 2.45) is 0 Å². The van der Waals surface area contributed by atoms with E-state index in [0.717, 1.165) is 51.6 Å². The molecule has 1 aromatic rings. The lowest BCUT2D eigenvalue weighted by molar-refractivity contribution is 0.0448. The van der Waals surface area contributed by atoms with Gasteiger partial charge >= 0.3 is 0 Å². The number of rotatable bonds is 4. The summed E-state index contributed by atoms with van der Waals surface area (Å²) in [6.45, 7) is 2.24. The first-order valence-electron chi connectivity index (χ1n) is 7.79. The lowest BCUT2D eigenvalue weighted by atomic mass is 10.0. The Labute approximate surface area is 124 Å². The second-order valence-electron chi connectivity index (χ2n) is 6.18. The van der Waals surface area contributed by atoms with Crippen LogP contribution < -0.4 is 10.6 Å². The van der Waals surface area contributed by atoms with Crippen molar-refractivity contribution in [3.63, 3.8) is 0 Å². The third kappa shape index (κ3) is 3.41. The monoisotopic (exact) mass is 293 g/mol. The normalized spacial score (nSPS) is 22.3.